The van der Waals surface area contributed by atoms with Crippen LogP contribution in [-0.4, -0.2) is 27.5 Å². The number of hydrogen-bond donors (Lipinski definition) is 1. The van der Waals surface area contributed by atoms with Crippen molar-refractivity contribution < 1.29 is 0 Å². The monoisotopic (exact) mass is 234 g/mol. The average Bonchev–Trinajstić information content (AvgIpc) is 2.38. The zero-order valence-electron chi connectivity index (χ0n) is 9.02. The van der Waals surface area contributed by atoms with E-state index in [4.69, 9.17) is 5.26 Å². The summed E-state index contributed by atoms with van der Waals surface area (Å²) in [4.78, 5) is 8.10. The van der Waals surface area contributed by atoms with Crippen LogP contribution in [0, 0.1) is 11.3 Å². The predicted octanol–water partition coefficient (Wildman–Crippen LogP) is 2.05. The fourth-order valence-electron chi connectivity index (χ4n) is 1.66. The number of thioether (sulfide) groups is 1. The number of anilines is 1. The van der Waals surface area contributed by atoms with Gasteiger partial charge in [-0.25, -0.2) is 9.97 Å². The fraction of sp³-hybridized carbons (Fsp3) is 0.545. The van der Waals surface area contributed by atoms with Gasteiger partial charge in [0.15, 0.2) is 5.69 Å². The van der Waals surface area contributed by atoms with Gasteiger partial charge in [-0.1, -0.05) is 6.42 Å². The van der Waals surface area contributed by atoms with Crippen LogP contribution in [0.3, 0.4) is 0 Å². The van der Waals surface area contributed by atoms with Gasteiger partial charge in [-0.3, -0.25) is 0 Å². The second-order valence-corrected chi connectivity index (χ2v) is 5.18. The Balaban J connectivity index is 1.82. The molecule has 1 aromatic rings. The highest BCUT2D eigenvalue weighted by molar-refractivity contribution is 7.99. The lowest BCUT2D eigenvalue weighted by Gasteiger charge is -2.21. The molecule has 1 aliphatic heterocycles. The predicted molar refractivity (Wildman–Crippen MR) is 65.3 cm³/mol. The zero-order chi connectivity index (χ0) is 11.2. The molecule has 1 N–H and O–H groups in total. The first-order chi connectivity index (χ1) is 7.88. The van der Waals surface area contributed by atoms with Crippen LogP contribution in [0.5, 0.6) is 0 Å². The average molecular weight is 234 g/mol. The molecular formula is C11H14N4S. The van der Waals surface area contributed by atoms with E-state index in [9.17, 15) is 0 Å². The minimum atomic E-state index is 0.359. The third-order valence-electron chi connectivity index (χ3n) is 2.55. The number of nitriles is 1. The fourth-order valence-corrected chi connectivity index (χ4v) is 2.90. The first-order valence-electron chi connectivity index (χ1n) is 5.46. The number of nitrogens with zero attached hydrogens (tertiary/aromatic N) is 3. The summed E-state index contributed by atoms with van der Waals surface area (Å²) < 4.78 is 0. The van der Waals surface area contributed by atoms with Crippen molar-refractivity contribution >= 4 is 17.6 Å². The van der Waals surface area contributed by atoms with Crippen molar-refractivity contribution in [3.05, 3.63) is 18.1 Å². The van der Waals surface area contributed by atoms with Gasteiger partial charge in [-0.05, 0) is 18.6 Å². The van der Waals surface area contributed by atoms with Crippen LogP contribution >= 0.6 is 11.8 Å². The smallest absolute Gasteiger partial charge is 0.158 e. The van der Waals surface area contributed by atoms with E-state index >= 15 is 0 Å². The van der Waals surface area contributed by atoms with Crippen molar-refractivity contribution in [1.82, 2.24) is 9.97 Å². The van der Waals surface area contributed by atoms with Crippen LogP contribution in [0.4, 0.5) is 5.82 Å². The number of aromatic nitrogens is 2. The minimum absolute atomic E-state index is 0.359. The molecule has 84 valence electrons. The molecule has 1 atom stereocenters. The van der Waals surface area contributed by atoms with Gasteiger partial charge in [0.1, 0.15) is 11.9 Å². The Morgan fingerprint density at radius 3 is 3.00 bits per heavy atom. The molecule has 0 spiro atoms. The van der Waals surface area contributed by atoms with E-state index in [-0.39, 0.29) is 0 Å². The molecule has 2 rings (SSSR count). The van der Waals surface area contributed by atoms with Gasteiger partial charge in [0.25, 0.3) is 0 Å². The molecule has 1 fully saturated rings. The molecular weight excluding hydrogens is 220 g/mol. The summed E-state index contributed by atoms with van der Waals surface area (Å²) in [5.74, 6) is 2.02. The van der Waals surface area contributed by atoms with Gasteiger partial charge in [-0.15, -0.1) is 0 Å². The van der Waals surface area contributed by atoms with Crippen molar-refractivity contribution in [2.45, 2.75) is 24.5 Å². The van der Waals surface area contributed by atoms with E-state index in [1.807, 2.05) is 17.8 Å². The van der Waals surface area contributed by atoms with E-state index < -0.39 is 0 Å². The molecule has 0 saturated carbocycles. The highest BCUT2D eigenvalue weighted by Crippen LogP contribution is 2.24. The van der Waals surface area contributed by atoms with E-state index in [1.54, 1.807) is 6.20 Å². The normalized spacial score (nSPS) is 20.1. The number of nitrogens with one attached hydrogen (secondary N) is 1. The SMILES string of the molecule is N#Cc1cnc(NCC2CCCCS2)cn1. The van der Waals surface area contributed by atoms with Gasteiger partial charge in [0.05, 0.1) is 12.4 Å². The largest absolute Gasteiger partial charge is 0.368 e. The molecule has 0 bridgehead atoms. The molecule has 0 aromatic carbocycles. The van der Waals surface area contributed by atoms with Crippen LogP contribution in [0.1, 0.15) is 25.0 Å². The van der Waals surface area contributed by atoms with E-state index in [1.165, 1.54) is 31.2 Å². The van der Waals surface area contributed by atoms with Gasteiger partial charge < -0.3 is 5.32 Å². The maximum absolute atomic E-state index is 8.59. The molecule has 0 amide bonds. The van der Waals surface area contributed by atoms with Crippen molar-refractivity contribution in [2.24, 2.45) is 0 Å². The van der Waals surface area contributed by atoms with Crippen molar-refractivity contribution in [2.75, 3.05) is 17.6 Å². The van der Waals surface area contributed by atoms with Crippen LogP contribution in [-0.2, 0) is 0 Å². The quantitative estimate of drug-likeness (QED) is 0.867. The Hall–Kier alpha value is -1.28. The summed E-state index contributed by atoms with van der Waals surface area (Å²) in [6.07, 6.45) is 7.07. The molecule has 1 saturated heterocycles. The molecule has 1 unspecified atom stereocenters. The highest BCUT2D eigenvalue weighted by Gasteiger charge is 2.13. The Kier molecular flexibility index (Phi) is 4.00. The van der Waals surface area contributed by atoms with E-state index in [0.717, 1.165) is 12.4 Å². The van der Waals surface area contributed by atoms with Crippen LogP contribution in [0.2, 0.25) is 0 Å². The first kappa shape index (κ1) is 11.2. The lowest BCUT2D eigenvalue weighted by molar-refractivity contribution is 0.677. The van der Waals surface area contributed by atoms with Crippen LogP contribution in [0.25, 0.3) is 0 Å². The summed E-state index contributed by atoms with van der Waals surface area (Å²) in [6.45, 7) is 0.936. The molecule has 1 aromatic heterocycles. The van der Waals surface area contributed by atoms with Gasteiger partial charge >= 0.3 is 0 Å². The Labute approximate surface area is 99.5 Å². The molecule has 0 aliphatic carbocycles. The summed E-state index contributed by atoms with van der Waals surface area (Å²) >= 11 is 2.03. The lowest BCUT2D eigenvalue weighted by atomic mass is 10.2. The third kappa shape index (κ3) is 3.11. The Morgan fingerprint density at radius 1 is 1.44 bits per heavy atom. The standard InChI is InChI=1S/C11H14N4S/c12-5-9-6-14-11(8-13-9)15-7-10-3-1-2-4-16-10/h6,8,10H,1-4,7H2,(H,14,15). The van der Waals surface area contributed by atoms with Crippen molar-refractivity contribution in [3.63, 3.8) is 0 Å². The summed E-state index contributed by atoms with van der Waals surface area (Å²) in [5.41, 5.74) is 0.359. The summed E-state index contributed by atoms with van der Waals surface area (Å²) in [7, 11) is 0. The minimum Gasteiger partial charge on any atom is -0.368 e. The second kappa shape index (κ2) is 5.71. The van der Waals surface area contributed by atoms with Crippen LogP contribution < -0.4 is 5.32 Å². The van der Waals surface area contributed by atoms with Gasteiger partial charge in [0, 0.05) is 11.8 Å². The Morgan fingerprint density at radius 2 is 2.38 bits per heavy atom. The highest BCUT2D eigenvalue weighted by atomic mass is 32.2. The van der Waals surface area contributed by atoms with E-state index in [0.29, 0.717) is 10.9 Å². The maximum atomic E-state index is 8.59. The topological polar surface area (TPSA) is 61.6 Å². The number of hydrogen-bond acceptors (Lipinski definition) is 5. The summed E-state index contributed by atoms with van der Waals surface area (Å²) in [5, 5.41) is 12.5. The first-order valence-corrected chi connectivity index (χ1v) is 6.51. The Bertz CT molecular complexity index is 365. The second-order valence-electron chi connectivity index (χ2n) is 3.77. The van der Waals surface area contributed by atoms with Gasteiger partial charge in [-0.2, -0.15) is 17.0 Å². The van der Waals surface area contributed by atoms with Crippen LogP contribution in [0.15, 0.2) is 12.4 Å². The maximum Gasteiger partial charge on any atom is 0.158 e. The van der Waals surface area contributed by atoms with Gasteiger partial charge in [0.2, 0.25) is 0 Å². The van der Waals surface area contributed by atoms with E-state index in [2.05, 4.69) is 15.3 Å². The number of rotatable bonds is 3. The summed E-state index contributed by atoms with van der Waals surface area (Å²) in [6, 6.07) is 1.95. The molecule has 16 heavy (non-hydrogen) atoms. The molecule has 0 radical (unpaired) electrons. The molecule has 2 heterocycles. The third-order valence-corrected chi connectivity index (χ3v) is 3.95. The lowest BCUT2D eigenvalue weighted by Crippen LogP contribution is -2.20. The molecule has 5 heteroatoms. The zero-order valence-corrected chi connectivity index (χ0v) is 9.83. The molecule has 1 aliphatic rings. The van der Waals surface area contributed by atoms with Crippen molar-refractivity contribution in [3.8, 4) is 6.07 Å². The molecule has 4 nitrogen and oxygen atoms in total. The van der Waals surface area contributed by atoms with Crippen molar-refractivity contribution in [1.29, 1.82) is 5.26 Å².